The van der Waals surface area contributed by atoms with Gasteiger partial charge >= 0.3 is 0 Å². The third-order valence-electron chi connectivity index (χ3n) is 4.17. The third kappa shape index (κ3) is 5.29. The Labute approximate surface area is 161 Å². The lowest BCUT2D eigenvalue weighted by Crippen LogP contribution is -2.29. The molecule has 0 heterocycles. The van der Waals surface area contributed by atoms with Crippen molar-refractivity contribution >= 4 is 27.5 Å². The maximum absolute atomic E-state index is 12.4. The average Bonchev–Trinajstić information content (AvgIpc) is 2.65. The molecule has 1 atom stereocenters. The summed E-state index contributed by atoms with van der Waals surface area (Å²) < 4.78 is 6.54. The minimum atomic E-state index is -0.433. The summed E-state index contributed by atoms with van der Waals surface area (Å²) in [7, 11) is 1.71. The van der Waals surface area contributed by atoms with Crippen molar-refractivity contribution in [2.75, 3.05) is 13.7 Å². The van der Waals surface area contributed by atoms with Crippen LogP contribution in [0.25, 0.3) is 0 Å². The van der Waals surface area contributed by atoms with E-state index in [1.165, 1.54) is 12.1 Å². The lowest BCUT2D eigenvalue weighted by molar-refractivity contribution is -0.384. The van der Waals surface area contributed by atoms with Crippen molar-refractivity contribution in [2.45, 2.75) is 25.8 Å². The fourth-order valence-electron chi connectivity index (χ4n) is 2.48. The van der Waals surface area contributed by atoms with Gasteiger partial charge < -0.3 is 9.64 Å². The van der Waals surface area contributed by atoms with Crippen molar-refractivity contribution in [3.05, 3.63) is 68.7 Å². The number of nitro benzene ring substituents is 1. The molecule has 138 valence electrons. The zero-order valence-corrected chi connectivity index (χ0v) is 16.3. The number of nitrogens with zero attached hydrogens (tertiary/aromatic N) is 2. The van der Waals surface area contributed by atoms with Crippen LogP contribution >= 0.6 is 15.9 Å². The molecule has 0 radical (unpaired) electrons. The summed E-state index contributed by atoms with van der Waals surface area (Å²) in [4.78, 5) is 24.5. The molecule has 7 heteroatoms. The largest absolute Gasteiger partial charge is 0.492 e. The number of carbonyl (C=O) groups excluding carboxylic acids is 1. The number of rotatable bonds is 8. The zero-order valence-electron chi connectivity index (χ0n) is 14.7. The topological polar surface area (TPSA) is 72.7 Å². The second kappa shape index (κ2) is 9.33. The molecule has 0 N–H and O–H groups in total. The molecule has 0 aromatic heterocycles. The highest BCUT2D eigenvalue weighted by molar-refractivity contribution is 9.10. The predicted octanol–water partition coefficient (Wildman–Crippen LogP) is 4.74. The van der Waals surface area contributed by atoms with Gasteiger partial charge in [-0.05, 0) is 47.0 Å². The van der Waals surface area contributed by atoms with Crippen molar-refractivity contribution in [1.82, 2.24) is 4.90 Å². The summed E-state index contributed by atoms with van der Waals surface area (Å²) in [5, 5.41) is 10.9. The molecule has 2 aromatic carbocycles. The molecule has 1 amide bonds. The lowest BCUT2D eigenvalue weighted by Gasteiger charge is -2.25. The van der Waals surface area contributed by atoms with E-state index in [0.29, 0.717) is 19.4 Å². The Bertz CT molecular complexity index is 782. The molecule has 0 aliphatic carbocycles. The number of hydrogen-bond donors (Lipinski definition) is 0. The maximum atomic E-state index is 12.4. The number of nitro groups is 1. The van der Waals surface area contributed by atoms with Gasteiger partial charge in [0.25, 0.3) is 5.69 Å². The number of benzene rings is 2. The van der Waals surface area contributed by atoms with Gasteiger partial charge in [0.1, 0.15) is 5.75 Å². The Morgan fingerprint density at radius 2 is 2.00 bits per heavy atom. The first-order valence-electron chi connectivity index (χ1n) is 8.27. The van der Waals surface area contributed by atoms with E-state index in [1.807, 2.05) is 31.2 Å². The summed E-state index contributed by atoms with van der Waals surface area (Å²) in [5.41, 5.74) is 0.761. The minimum Gasteiger partial charge on any atom is -0.492 e. The summed E-state index contributed by atoms with van der Waals surface area (Å²) >= 11 is 3.41. The highest BCUT2D eigenvalue weighted by atomic mass is 79.9. The monoisotopic (exact) mass is 420 g/mol. The van der Waals surface area contributed by atoms with Crippen LogP contribution in [-0.2, 0) is 4.79 Å². The van der Waals surface area contributed by atoms with Gasteiger partial charge in [0, 0.05) is 25.6 Å². The van der Waals surface area contributed by atoms with Crippen LogP contribution < -0.4 is 4.74 Å². The van der Waals surface area contributed by atoms with Crippen molar-refractivity contribution in [3.8, 4) is 5.75 Å². The number of hydrogen-bond acceptors (Lipinski definition) is 4. The average molecular weight is 421 g/mol. The van der Waals surface area contributed by atoms with Crippen molar-refractivity contribution in [3.63, 3.8) is 0 Å². The molecular weight excluding hydrogens is 400 g/mol. The van der Waals surface area contributed by atoms with E-state index < -0.39 is 4.92 Å². The Morgan fingerprint density at radius 3 is 2.69 bits per heavy atom. The van der Waals surface area contributed by atoms with E-state index in [4.69, 9.17) is 4.74 Å². The summed E-state index contributed by atoms with van der Waals surface area (Å²) in [6.07, 6.45) is 0.937. The minimum absolute atomic E-state index is 0.0250. The number of amides is 1. The highest BCUT2D eigenvalue weighted by Crippen LogP contribution is 2.25. The molecule has 2 rings (SSSR count). The molecule has 0 fully saturated rings. The SMILES string of the molecule is CC(c1cccc([N+](=O)[O-])c1)N(C)C(=O)CCCOc1ccccc1Br. The van der Waals surface area contributed by atoms with Crippen LogP contribution in [0.3, 0.4) is 0 Å². The molecule has 2 aromatic rings. The van der Waals surface area contributed by atoms with Gasteiger partial charge in [-0.15, -0.1) is 0 Å². The Kier molecular flexibility index (Phi) is 7.15. The quantitative estimate of drug-likeness (QED) is 0.351. The molecule has 0 bridgehead atoms. The zero-order chi connectivity index (χ0) is 19.1. The standard InChI is InChI=1S/C19H21BrN2O4/c1-14(15-7-5-8-16(13-15)22(24)25)21(2)19(23)11-6-12-26-18-10-4-3-9-17(18)20/h3-5,7-10,13-14H,6,11-12H2,1-2H3. The van der Waals surface area contributed by atoms with Crippen LogP contribution in [0.1, 0.15) is 31.4 Å². The van der Waals surface area contributed by atoms with Gasteiger partial charge in [0.05, 0.1) is 22.0 Å². The van der Waals surface area contributed by atoms with Gasteiger partial charge in [0.2, 0.25) is 5.91 Å². The van der Waals surface area contributed by atoms with Crippen LogP contribution in [0.5, 0.6) is 5.75 Å². The van der Waals surface area contributed by atoms with Crippen LogP contribution in [-0.4, -0.2) is 29.4 Å². The molecule has 26 heavy (non-hydrogen) atoms. The van der Waals surface area contributed by atoms with Gasteiger partial charge in [-0.25, -0.2) is 0 Å². The van der Waals surface area contributed by atoms with Crippen LogP contribution in [0.15, 0.2) is 53.0 Å². The molecular formula is C19H21BrN2O4. The van der Waals surface area contributed by atoms with Gasteiger partial charge in [-0.3, -0.25) is 14.9 Å². The molecule has 0 aliphatic rings. The van der Waals surface area contributed by atoms with Crippen molar-refractivity contribution in [2.24, 2.45) is 0 Å². The van der Waals surface area contributed by atoms with Gasteiger partial charge in [0.15, 0.2) is 0 Å². The first kappa shape index (κ1) is 19.9. The van der Waals surface area contributed by atoms with E-state index in [2.05, 4.69) is 15.9 Å². The number of para-hydroxylation sites is 1. The fourth-order valence-corrected chi connectivity index (χ4v) is 2.88. The molecule has 0 spiro atoms. The van der Waals surface area contributed by atoms with E-state index in [9.17, 15) is 14.9 Å². The fraction of sp³-hybridized carbons (Fsp3) is 0.316. The van der Waals surface area contributed by atoms with Crippen molar-refractivity contribution in [1.29, 1.82) is 0 Å². The number of carbonyl (C=O) groups is 1. The third-order valence-corrected chi connectivity index (χ3v) is 4.82. The molecule has 0 saturated heterocycles. The summed E-state index contributed by atoms with van der Waals surface area (Å²) in [6.45, 7) is 2.29. The molecule has 0 aliphatic heterocycles. The second-order valence-electron chi connectivity index (χ2n) is 5.92. The second-order valence-corrected chi connectivity index (χ2v) is 6.77. The highest BCUT2D eigenvalue weighted by Gasteiger charge is 2.19. The van der Waals surface area contributed by atoms with Crippen LogP contribution in [0.4, 0.5) is 5.69 Å². The number of halogens is 1. The van der Waals surface area contributed by atoms with Gasteiger partial charge in [-0.2, -0.15) is 0 Å². The summed E-state index contributed by atoms with van der Waals surface area (Å²) in [5.74, 6) is 0.720. The Balaban J connectivity index is 1.85. The van der Waals surface area contributed by atoms with Crippen LogP contribution in [0.2, 0.25) is 0 Å². The first-order valence-corrected chi connectivity index (χ1v) is 9.06. The van der Waals surface area contributed by atoms with Crippen LogP contribution in [0, 0.1) is 10.1 Å². The maximum Gasteiger partial charge on any atom is 0.269 e. The smallest absolute Gasteiger partial charge is 0.269 e. The lowest BCUT2D eigenvalue weighted by atomic mass is 10.1. The van der Waals surface area contributed by atoms with E-state index in [1.54, 1.807) is 24.1 Å². The van der Waals surface area contributed by atoms with E-state index >= 15 is 0 Å². The number of non-ortho nitro benzene ring substituents is 1. The predicted molar refractivity (Wildman–Crippen MR) is 103 cm³/mol. The van der Waals surface area contributed by atoms with Gasteiger partial charge in [-0.1, -0.05) is 24.3 Å². The molecule has 0 saturated carbocycles. The van der Waals surface area contributed by atoms with E-state index in [-0.39, 0.29) is 17.6 Å². The normalized spacial score (nSPS) is 11.7. The molecule has 1 unspecified atom stereocenters. The number of ether oxygens (including phenoxy) is 1. The molecule has 6 nitrogen and oxygen atoms in total. The van der Waals surface area contributed by atoms with E-state index in [0.717, 1.165) is 15.8 Å². The first-order chi connectivity index (χ1) is 12.4. The Morgan fingerprint density at radius 1 is 1.27 bits per heavy atom. The Hall–Kier alpha value is -2.41. The van der Waals surface area contributed by atoms with Crippen molar-refractivity contribution < 1.29 is 14.5 Å². The summed E-state index contributed by atoms with van der Waals surface area (Å²) in [6, 6.07) is 13.7.